The first-order valence-corrected chi connectivity index (χ1v) is 6.24. The van der Waals surface area contributed by atoms with Crippen LogP contribution in [0.25, 0.3) is 22.0 Å². The highest BCUT2D eigenvalue weighted by atomic mass is 35.5. The van der Waals surface area contributed by atoms with Gasteiger partial charge in [0.25, 0.3) is 0 Å². The second-order valence-electron chi connectivity index (χ2n) is 4.34. The standard InChI is InChI=1S/C16H12ClN/c1-11-3-2-4-15-14(11)9-10-18-16(15)12-5-7-13(17)8-6-12/h2-10H,1H3. The maximum Gasteiger partial charge on any atom is 0.0780 e. The van der Waals surface area contributed by atoms with Gasteiger partial charge in [-0.25, -0.2) is 0 Å². The maximum atomic E-state index is 5.92. The molecule has 0 bridgehead atoms. The fourth-order valence-corrected chi connectivity index (χ4v) is 2.33. The molecule has 0 saturated heterocycles. The van der Waals surface area contributed by atoms with Crippen LogP contribution < -0.4 is 0 Å². The normalized spacial score (nSPS) is 10.8. The van der Waals surface area contributed by atoms with Crippen LogP contribution >= 0.6 is 11.6 Å². The summed E-state index contributed by atoms with van der Waals surface area (Å²) in [4.78, 5) is 4.50. The lowest BCUT2D eigenvalue weighted by Gasteiger charge is -2.07. The van der Waals surface area contributed by atoms with Crippen molar-refractivity contribution in [3.05, 3.63) is 65.3 Å². The molecule has 3 aromatic rings. The van der Waals surface area contributed by atoms with Crippen molar-refractivity contribution < 1.29 is 0 Å². The van der Waals surface area contributed by atoms with Gasteiger partial charge in [0.05, 0.1) is 5.69 Å². The summed E-state index contributed by atoms with van der Waals surface area (Å²) in [6.45, 7) is 2.12. The molecule has 0 N–H and O–H groups in total. The highest BCUT2D eigenvalue weighted by molar-refractivity contribution is 6.30. The monoisotopic (exact) mass is 253 g/mol. The lowest BCUT2D eigenvalue weighted by Crippen LogP contribution is -1.87. The Kier molecular flexibility index (Phi) is 2.77. The zero-order valence-corrected chi connectivity index (χ0v) is 10.8. The number of benzene rings is 2. The number of aryl methyl sites for hydroxylation is 1. The number of hydrogen-bond acceptors (Lipinski definition) is 1. The lowest BCUT2D eigenvalue weighted by molar-refractivity contribution is 1.35. The van der Waals surface area contributed by atoms with Gasteiger partial charge in [-0.3, -0.25) is 4.98 Å². The van der Waals surface area contributed by atoms with E-state index in [9.17, 15) is 0 Å². The first-order chi connectivity index (χ1) is 8.75. The highest BCUT2D eigenvalue weighted by Crippen LogP contribution is 2.28. The Hall–Kier alpha value is -1.86. The van der Waals surface area contributed by atoms with Crippen molar-refractivity contribution in [1.82, 2.24) is 4.98 Å². The predicted octanol–water partition coefficient (Wildman–Crippen LogP) is 4.86. The van der Waals surface area contributed by atoms with Crippen molar-refractivity contribution in [1.29, 1.82) is 0 Å². The summed E-state index contributed by atoms with van der Waals surface area (Å²) in [6.07, 6.45) is 1.86. The summed E-state index contributed by atoms with van der Waals surface area (Å²) >= 11 is 5.92. The Morgan fingerprint density at radius 2 is 1.67 bits per heavy atom. The summed E-state index contributed by atoms with van der Waals surface area (Å²) in [5, 5.41) is 3.17. The molecular formula is C16H12ClN. The van der Waals surface area contributed by atoms with Crippen LogP contribution in [0.4, 0.5) is 0 Å². The smallest absolute Gasteiger partial charge is 0.0780 e. The minimum Gasteiger partial charge on any atom is -0.256 e. The summed E-state index contributed by atoms with van der Waals surface area (Å²) in [5.74, 6) is 0. The third kappa shape index (κ3) is 1.87. The zero-order chi connectivity index (χ0) is 12.5. The average molecular weight is 254 g/mol. The van der Waals surface area contributed by atoms with Crippen molar-refractivity contribution >= 4 is 22.4 Å². The molecule has 1 aromatic heterocycles. The van der Waals surface area contributed by atoms with E-state index in [1.165, 1.54) is 16.3 Å². The van der Waals surface area contributed by atoms with E-state index in [2.05, 4.69) is 36.2 Å². The Labute approximate surface area is 111 Å². The van der Waals surface area contributed by atoms with Gasteiger partial charge in [-0.05, 0) is 36.1 Å². The average Bonchev–Trinajstić information content (AvgIpc) is 2.40. The number of halogens is 1. The number of hydrogen-bond donors (Lipinski definition) is 0. The van der Waals surface area contributed by atoms with Crippen LogP contribution in [0.2, 0.25) is 5.02 Å². The van der Waals surface area contributed by atoms with E-state index in [0.717, 1.165) is 16.3 Å². The van der Waals surface area contributed by atoms with Gasteiger partial charge in [0.1, 0.15) is 0 Å². The maximum absolute atomic E-state index is 5.92. The third-order valence-corrected chi connectivity index (χ3v) is 3.39. The molecule has 1 nitrogen and oxygen atoms in total. The van der Waals surface area contributed by atoms with E-state index in [-0.39, 0.29) is 0 Å². The summed E-state index contributed by atoms with van der Waals surface area (Å²) < 4.78 is 0. The van der Waals surface area contributed by atoms with Crippen LogP contribution in [0.3, 0.4) is 0 Å². The van der Waals surface area contributed by atoms with Gasteiger partial charge in [-0.1, -0.05) is 41.9 Å². The van der Waals surface area contributed by atoms with Crippen LogP contribution in [0.5, 0.6) is 0 Å². The largest absolute Gasteiger partial charge is 0.256 e. The van der Waals surface area contributed by atoms with Crippen LogP contribution in [0.1, 0.15) is 5.56 Å². The van der Waals surface area contributed by atoms with Gasteiger partial charge in [0.15, 0.2) is 0 Å². The second kappa shape index (κ2) is 4.43. The number of pyridine rings is 1. The Morgan fingerprint density at radius 1 is 0.889 bits per heavy atom. The zero-order valence-electron chi connectivity index (χ0n) is 10.0. The minimum absolute atomic E-state index is 0.746. The summed E-state index contributed by atoms with van der Waals surface area (Å²) in [5.41, 5.74) is 3.37. The van der Waals surface area contributed by atoms with Crippen LogP contribution in [-0.4, -0.2) is 4.98 Å². The fourth-order valence-electron chi connectivity index (χ4n) is 2.20. The Bertz CT molecular complexity index is 702. The molecule has 0 radical (unpaired) electrons. The molecule has 0 amide bonds. The molecule has 0 aliphatic heterocycles. The van der Waals surface area contributed by atoms with Crippen molar-refractivity contribution in [2.45, 2.75) is 6.92 Å². The highest BCUT2D eigenvalue weighted by Gasteiger charge is 2.06. The van der Waals surface area contributed by atoms with Crippen molar-refractivity contribution in [3.8, 4) is 11.3 Å². The van der Waals surface area contributed by atoms with E-state index in [0.29, 0.717) is 0 Å². The van der Waals surface area contributed by atoms with E-state index in [4.69, 9.17) is 11.6 Å². The predicted molar refractivity (Wildman–Crippen MR) is 76.9 cm³/mol. The van der Waals surface area contributed by atoms with Crippen LogP contribution in [0.15, 0.2) is 54.7 Å². The van der Waals surface area contributed by atoms with E-state index in [1.807, 2.05) is 30.5 Å². The van der Waals surface area contributed by atoms with Crippen LogP contribution in [-0.2, 0) is 0 Å². The summed E-state index contributed by atoms with van der Waals surface area (Å²) in [7, 11) is 0. The molecule has 1 heterocycles. The topological polar surface area (TPSA) is 12.9 Å². The molecule has 3 rings (SSSR count). The number of nitrogens with zero attached hydrogens (tertiary/aromatic N) is 1. The van der Waals surface area contributed by atoms with Gasteiger partial charge >= 0.3 is 0 Å². The molecule has 2 heteroatoms. The Morgan fingerprint density at radius 3 is 2.44 bits per heavy atom. The lowest BCUT2D eigenvalue weighted by atomic mass is 10.0. The van der Waals surface area contributed by atoms with Gasteiger partial charge in [-0.2, -0.15) is 0 Å². The molecular weight excluding hydrogens is 242 g/mol. The summed E-state index contributed by atoms with van der Waals surface area (Å²) in [6, 6.07) is 16.2. The molecule has 0 fully saturated rings. The number of aromatic nitrogens is 1. The third-order valence-electron chi connectivity index (χ3n) is 3.14. The van der Waals surface area contributed by atoms with E-state index in [1.54, 1.807) is 0 Å². The molecule has 0 aliphatic carbocycles. The molecule has 0 spiro atoms. The molecule has 88 valence electrons. The first-order valence-electron chi connectivity index (χ1n) is 5.86. The van der Waals surface area contributed by atoms with Crippen molar-refractivity contribution in [3.63, 3.8) is 0 Å². The number of rotatable bonds is 1. The molecule has 0 saturated carbocycles. The first kappa shape index (κ1) is 11.2. The quantitative estimate of drug-likeness (QED) is 0.603. The molecule has 0 atom stereocenters. The van der Waals surface area contributed by atoms with E-state index >= 15 is 0 Å². The van der Waals surface area contributed by atoms with E-state index < -0.39 is 0 Å². The number of fused-ring (bicyclic) bond motifs is 1. The van der Waals surface area contributed by atoms with Crippen molar-refractivity contribution in [2.75, 3.05) is 0 Å². The van der Waals surface area contributed by atoms with Crippen LogP contribution in [0, 0.1) is 6.92 Å². The van der Waals surface area contributed by atoms with Crippen molar-refractivity contribution in [2.24, 2.45) is 0 Å². The van der Waals surface area contributed by atoms with Gasteiger partial charge in [-0.15, -0.1) is 0 Å². The second-order valence-corrected chi connectivity index (χ2v) is 4.77. The van der Waals surface area contributed by atoms with Gasteiger partial charge in [0.2, 0.25) is 0 Å². The molecule has 0 aliphatic rings. The van der Waals surface area contributed by atoms with Gasteiger partial charge in [0, 0.05) is 22.2 Å². The molecule has 18 heavy (non-hydrogen) atoms. The van der Waals surface area contributed by atoms with Gasteiger partial charge < -0.3 is 0 Å². The molecule has 0 unspecified atom stereocenters. The SMILES string of the molecule is Cc1cccc2c(-c3ccc(Cl)cc3)nccc12. The Balaban J connectivity index is 2.29. The molecule has 2 aromatic carbocycles. The fraction of sp³-hybridized carbons (Fsp3) is 0.0625. The minimum atomic E-state index is 0.746.